The predicted octanol–water partition coefficient (Wildman–Crippen LogP) is 2.53. The van der Waals surface area contributed by atoms with Crippen LogP contribution in [0.2, 0.25) is 0 Å². The number of esters is 1. The molecule has 0 aliphatic rings. The molecule has 0 saturated carbocycles. The topological polar surface area (TPSA) is 56.2 Å². The summed E-state index contributed by atoms with van der Waals surface area (Å²) in [7, 11) is 1.94. The zero-order chi connectivity index (χ0) is 15.9. The van der Waals surface area contributed by atoms with E-state index in [2.05, 4.69) is 23.4 Å². The third-order valence-corrected chi connectivity index (χ3v) is 4.39. The second-order valence-corrected chi connectivity index (χ2v) is 6.44. The van der Waals surface area contributed by atoms with Gasteiger partial charge in [0.2, 0.25) is 0 Å². The van der Waals surface area contributed by atoms with E-state index in [9.17, 15) is 4.79 Å². The number of rotatable bonds is 9. The van der Waals surface area contributed by atoms with Crippen LogP contribution in [0.4, 0.5) is 0 Å². The van der Waals surface area contributed by atoms with Gasteiger partial charge in [0.1, 0.15) is 5.54 Å². The molecule has 0 saturated heterocycles. The van der Waals surface area contributed by atoms with Crippen LogP contribution in [0, 0.1) is 6.92 Å². The van der Waals surface area contributed by atoms with E-state index in [0.29, 0.717) is 6.61 Å². The highest BCUT2D eigenvalue weighted by Gasteiger charge is 2.33. The summed E-state index contributed by atoms with van der Waals surface area (Å²) in [6.07, 6.45) is 1.71. The van der Waals surface area contributed by atoms with Crippen molar-refractivity contribution >= 4 is 17.7 Å². The molecule has 6 heteroatoms. The molecule has 1 aromatic heterocycles. The number of nitrogens with zero attached hydrogens (tertiary/aromatic N) is 2. The number of carbonyl (C=O) groups is 1. The molecule has 120 valence electrons. The van der Waals surface area contributed by atoms with E-state index in [4.69, 9.17) is 4.74 Å². The summed E-state index contributed by atoms with van der Waals surface area (Å²) < 4.78 is 7.08. The van der Waals surface area contributed by atoms with Gasteiger partial charge >= 0.3 is 5.97 Å². The number of hydrogen-bond donors (Lipinski definition) is 1. The first kappa shape index (κ1) is 18.0. The van der Waals surface area contributed by atoms with Crippen molar-refractivity contribution in [1.82, 2.24) is 15.1 Å². The predicted molar refractivity (Wildman–Crippen MR) is 86.6 cm³/mol. The maximum Gasteiger partial charge on any atom is 0.326 e. The summed E-state index contributed by atoms with van der Waals surface area (Å²) in [6.45, 7) is 9.06. The van der Waals surface area contributed by atoms with E-state index < -0.39 is 5.54 Å². The van der Waals surface area contributed by atoms with Gasteiger partial charge in [0.05, 0.1) is 17.3 Å². The quantitative estimate of drug-likeness (QED) is 0.561. The highest BCUT2D eigenvalue weighted by molar-refractivity contribution is 7.99. The third kappa shape index (κ3) is 5.36. The summed E-state index contributed by atoms with van der Waals surface area (Å²) in [5.74, 6) is 0.672. The zero-order valence-corrected chi connectivity index (χ0v) is 14.5. The lowest BCUT2D eigenvalue weighted by Gasteiger charge is -2.28. The Hall–Kier alpha value is -1.01. The molecule has 1 rings (SSSR count). The maximum absolute atomic E-state index is 12.2. The lowest BCUT2D eigenvalue weighted by atomic mass is 9.99. The molecule has 1 atom stereocenters. The van der Waals surface area contributed by atoms with E-state index in [1.807, 2.05) is 32.5 Å². The molecule has 1 aromatic rings. The standard InChI is InChI=1S/C15H27N3O2S/c1-6-9-16-15(4,14(19)20-7-2)8-10-21-13-11-12(3)17-18(13)5/h11,16H,6-10H2,1-5H3. The average molecular weight is 313 g/mol. The first-order chi connectivity index (χ1) is 9.92. The number of aromatic nitrogens is 2. The van der Waals surface area contributed by atoms with Gasteiger partial charge in [-0.1, -0.05) is 6.92 Å². The average Bonchev–Trinajstić information content (AvgIpc) is 2.75. The molecule has 0 fully saturated rings. The SMILES string of the molecule is CCCNC(C)(CCSc1cc(C)nn1C)C(=O)OCC. The number of ether oxygens (including phenoxy) is 1. The molecular weight excluding hydrogens is 286 g/mol. The van der Waals surface area contributed by atoms with Crippen LogP contribution in [0.1, 0.15) is 39.3 Å². The Kier molecular flexibility index (Phi) is 7.25. The highest BCUT2D eigenvalue weighted by Crippen LogP contribution is 2.23. The van der Waals surface area contributed by atoms with Crippen LogP contribution in [0.5, 0.6) is 0 Å². The van der Waals surface area contributed by atoms with E-state index in [1.54, 1.807) is 11.8 Å². The Morgan fingerprint density at radius 2 is 2.24 bits per heavy atom. The zero-order valence-electron chi connectivity index (χ0n) is 13.7. The highest BCUT2D eigenvalue weighted by atomic mass is 32.2. The van der Waals surface area contributed by atoms with Crippen molar-refractivity contribution in [2.24, 2.45) is 7.05 Å². The normalized spacial score (nSPS) is 14.0. The summed E-state index contributed by atoms with van der Waals surface area (Å²) in [5, 5.41) is 8.77. The first-order valence-corrected chi connectivity index (χ1v) is 8.47. The number of aryl methyl sites for hydroxylation is 2. The summed E-state index contributed by atoms with van der Waals surface area (Å²) in [6, 6.07) is 2.06. The second-order valence-electron chi connectivity index (χ2n) is 5.33. The van der Waals surface area contributed by atoms with Crippen molar-refractivity contribution in [2.75, 3.05) is 18.9 Å². The fraction of sp³-hybridized carbons (Fsp3) is 0.733. The molecule has 21 heavy (non-hydrogen) atoms. The minimum atomic E-state index is -0.618. The number of carbonyl (C=O) groups excluding carboxylic acids is 1. The summed E-state index contributed by atoms with van der Waals surface area (Å²) in [4.78, 5) is 12.2. The molecule has 1 N–H and O–H groups in total. The lowest BCUT2D eigenvalue weighted by Crippen LogP contribution is -2.51. The fourth-order valence-corrected chi connectivity index (χ4v) is 3.24. The molecule has 1 heterocycles. The molecule has 1 unspecified atom stereocenters. The van der Waals surface area contributed by atoms with Gasteiger partial charge < -0.3 is 10.1 Å². The molecule has 5 nitrogen and oxygen atoms in total. The van der Waals surface area contributed by atoms with Crippen LogP contribution in [-0.2, 0) is 16.6 Å². The monoisotopic (exact) mass is 313 g/mol. The Labute approximate surface area is 131 Å². The number of nitrogens with one attached hydrogen (secondary N) is 1. The molecular formula is C15H27N3O2S. The van der Waals surface area contributed by atoms with Crippen LogP contribution >= 0.6 is 11.8 Å². The van der Waals surface area contributed by atoms with Gasteiger partial charge in [0.25, 0.3) is 0 Å². The van der Waals surface area contributed by atoms with Gasteiger partial charge in [-0.05, 0) is 46.2 Å². The van der Waals surface area contributed by atoms with Gasteiger partial charge in [-0.15, -0.1) is 11.8 Å². The van der Waals surface area contributed by atoms with Crippen LogP contribution in [0.3, 0.4) is 0 Å². The molecule has 0 amide bonds. The summed E-state index contributed by atoms with van der Waals surface area (Å²) >= 11 is 1.72. The Morgan fingerprint density at radius 3 is 2.76 bits per heavy atom. The third-order valence-electron chi connectivity index (χ3n) is 3.30. The van der Waals surface area contributed by atoms with Crippen molar-refractivity contribution in [2.45, 2.75) is 51.1 Å². The van der Waals surface area contributed by atoms with E-state index >= 15 is 0 Å². The largest absolute Gasteiger partial charge is 0.465 e. The van der Waals surface area contributed by atoms with Crippen LogP contribution in [0.15, 0.2) is 11.1 Å². The Morgan fingerprint density at radius 1 is 1.52 bits per heavy atom. The van der Waals surface area contributed by atoms with Gasteiger partial charge in [0, 0.05) is 12.8 Å². The molecule has 0 aliphatic heterocycles. The van der Waals surface area contributed by atoms with E-state index in [0.717, 1.165) is 35.9 Å². The molecule has 0 aromatic carbocycles. The van der Waals surface area contributed by atoms with E-state index in [-0.39, 0.29) is 5.97 Å². The second kappa shape index (κ2) is 8.44. The van der Waals surface area contributed by atoms with Crippen molar-refractivity contribution in [3.63, 3.8) is 0 Å². The number of hydrogen-bond acceptors (Lipinski definition) is 5. The van der Waals surface area contributed by atoms with Crippen LogP contribution in [0.25, 0.3) is 0 Å². The van der Waals surface area contributed by atoms with Crippen molar-refractivity contribution in [1.29, 1.82) is 0 Å². The molecule has 0 radical (unpaired) electrons. The fourth-order valence-electron chi connectivity index (χ4n) is 2.04. The lowest BCUT2D eigenvalue weighted by molar-refractivity contribution is -0.150. The Balaban J connectivity index is 2.60. The minimum absolute atomic E-state index is 0.166. The maximum atomic E-state index is 12.2. The minimum Gasteiger partial charge on any atom is -0.465 e. The number of thioether (sulfide) groups is 1. The van der Waals surface area contributed by atoms with Gasteiger partial charge in [-0.3, -0.25) is 9.48 Å². The van der Waals surface area contributed by atoms with E-state index in [1.165, 1.54) is 0 Å². The van der Waals surface area contributed by atoms with Gasteiger partial charge in [0.15, 0.2) is 0 Å². The van der Waals surface area contributed by atoms with Crippen molar-refractivity contribution < 1.29 is 9.53 Å². The van der Waals surface area contributed by atoms with Crippen LogP contribution < -0.4 is 5.32 Å². The smallest absolute Gasteiger partial charge is 0.326 e. The molecule has 0 bridgehead atoms. The van der Waals surface area contributed by atoms with Crippen LogP contribution in [-0.4, -0.2) is 40.2 Å². The van der Waals surface area contributed by atoms with Gasteiger partial charge in [-0.25, -0.2) is 0 Å². The van der Waals surface area contributed by atoms with Crippen molar-refractivity contribution in [3.05, 3.63) is 11.8 Å². The molecule has 0 spiro atoms. The molecule has 0 aliphatic carbocycles. The first-order valence-electron chi connectivity index (χ1n) is 7.48. The Bertz CT molecular complexity index is 462. The van der Waals surface area contributed by atoms with Crippen molar-refractivity contribution in [3.8, 4) is 0 Å². The van der Waals surface area contributed by atoms with Gasteiger partial charge in [-0.2, -0.15) is 5.10 Å². The summed E-state index contributed by atoms with van der Waals surface area (Å²) in [5.41, 5.74) is 0.393.